The summed E-state index contributed by atoms with van der Waals surface area (Å²) in [6, 6.07) is 14.5. The molecule has 2 aromatic rings. The maximum atomic E-state index is 13.4. The van der Waals surface area contributed by atoms with Gasteiger partial charge in [-0.2, -0.15) is 0 Å². The summed E-state index contributed by atoms with van der Waals surface area (Å²) in [5.74, 6) is 0.158. The first-order valence-corrected chi connectivity index (χ1v) is 10.6. The summed E-state index contributed by atoms with van der Waals surface area (Å²) in [7, 11) is 0. The topological polar surface area (TPSA) is 6.48 Å². The second kappa shape index (κ2) is 7.20. The summed E-state index contributed by atoms with van der Waals surface area (Å²) in [5.41, 5.74) is 3.95. The van der Waals surface area contributed by atoms with Crippen LogP contribution < -0.4 is 0 Å². The smallest absolute Gasteiger partial charge is 0.123 e. The third kappa shape index (κ3) is 3.30. The van der Waals surface area contributed by atoms with Crippen LogP contribution >= 0.6 is 11.6 Å². The molecule has 0 spiro atoms. The van der Waals surface area contributed by atoms with Crippen LogP contribution in [0.1, 0.15) is 54.3 Å². The molecule has 27 heavy (non-hydrogen) atoms. The monoisotopic (exact) mass is 384 g/mol. The molecule has 2 heterocycles. The lowest BCUT2D eigenvalue weighted by molar-refractivity contribution is 0.0265. The van der Waals surface area contributed by atoms with Crippen LogP contribution in [-0.4, -0.2) is 42.0 Å². The Morgan fingerprint density at radius 2 is 1.70 bits per heavy atom. The van der Waals surface area contributed by atoms with E-state index < -0.39 is 0 Å². The van der Waals surface area contributed by atoms with E-state index in [0.29, 0.717) is 18.0 Å². The lowest BCUT2D eigenvalue weighted by Crippen LogP contribution is -2.55. The third-order valence-corrected chi connectivity index (χ3v) is 7.06. The van der Waals surface area contributed by atoms with Crippen molar-refractivity contribution >= 4 is 11.6 Å². The Labute approximate surface area is 165 Å². The number of fused-ring (bicyclic) bond motifs is 2. The van der Waals surface area contributed by atoms with Gasteiger partial charge in [0.2, 0.25) is 0 Å². The van der Waals surface area contributed by atoms with E-state index in [1.165, 1.54) is 49.0 Å². The first-order valence-electron chi connectivity index (χ1n) is 10.2. The molecule has 0 N–H and O–H groups in total. The summed E-state index contributed by atoms with van der Waals surface area (Å²) in [6.07, 6.45) is 5.10. The Balaban J connectivity index is 1.45. The molecule has 0 aromatic heterocycles. The third-order valence-electron chi connectivity index (χ3n) is 6.82. The van der Waals surface area contributed by atoms with Gasteiger partial charge in [-0.15, -0.1) is 0 Å². The number of hydrogen-bond donors (Lipinski definition) is 0. The molecule has 4 heteroatoms. The minimum absolute atomic E-state index is 0.168. The van der Waals surface area contributed by atoms with Crippen LogP contribution in [0.25, 0.3) is 0 Å². The Hall–Kier alpha value is -1.42. The molecule has 0 amide bonds. The summed E-state index contributed by atoms with van der Waals surface area (Å²) < 4.78 is 13.4. The van der Waals surface area contributed by atoms with E-state index in [1.54, 1.807) is 12.1 Å². The van der Waals surface area contributed by atoms with Crippen molar-refractivity contribution in [3.8, 4) is 0 Å². The predicted molar refractivity (Wildman–Crippen MR) is 108 cm³/mol. The van der Waals surface area contributed by atoms with Crippen LogP contribution in [-0.2, 0) is 0 Å². The summed E-state index contributed by atoms with van der Waals surface area (Å²) >= 11 is 6.38. The molecule has 2 fully saturated rings. The number of halogens is 2. The van der Waals surface area contributed by atoms with Gasteiger partial charge < -0.3 is 0 Å². The van der Waals surface area contributed by atoms with Crippen molar-refractivity contribution in [2.24, 2.45) is 0 Å². The van der Waals surface area contributed by atoms with Crippen LogP contribution in [0.15, 0.2) is 42.5 Å². The zero-order valence-corrected chi connectivity index (χ0v) is 16.3. The quantitative estimate of drug-likeness (QED) is 0.699. The van der Waals surface area contributed by atoms with Gasteiger partial charge in [-0.25, -0.2) is 4.39 Å². The second-order valence-corrected chi connectivity index (χ2v) is 8.75. The van der Waals surface area contributed by atoms with E-state index in [9.17, 15) is 4.39 Å². The number of nitrogens with zero attached hydrogens (tertiary/aromatic N) is 2. The summed E-state index contributed by atoms with van der Waals surface area (Å²) in [6.45, 7) is 4.73. The Kier molecular flexibility index (Phi) is 4.71. The molecule has 2 saturated heterocycles. The molecule has 0 bridgehead atoms. The number of piperidine rings is 1. The highest BCUT2D eigenvalue weighted by Gasteiger charge is 2.39. The first kappa shape index (κ1) is 17.7. The minimum Gasteiger partial charge on any atom is -0.298 e. The Bertz CT molecular complexity index is 822. The zero-order valence-electron chi connectivity index (χ0n) is 15.6. The first-order chi connectivity index (χ1) is 13.2. The van der Waals surface area contributed by atoms with Crippen LogP contribution in [0.2, 0.25) is 5.02 Å². The van der Waals surface area contributed by atoms with Crippen molar-refractivity contribution in [1.29, 1.82) is 0 Å². The second-order valence-electron chi connectivity index (χ2n) is 8.31. The highest BCUT2D eigenvalue weighted by atomic mass is 35.5. The van der Waals surface area contributed by atoms with Gasteiger partial charge in [0.15, 0.2) is 0 Å². The molecule has 0 saturated carbocycles. The fourth-order valence-corrected chi connectivity index (χ4v) is 5.63. The highest BCUT2D eigenvalue weighted by Crippen LogP contribution is 2.48. The van der Waals surface area contributed by atoms with Crippen LogP contribution in [0.5, 0.6) is 0 Å². The van der Waals surface area contributed by atoms with Gasteiger partial charge in [0.1, 0.15) is 5.82 Å². The zero-order chi connectivity index (χ0) is 18.4. The van der Waals surface area contributed by atoms with Crippen molar-refractivity contribution in [2.75, 3.05) is 26.2 Å². The van der Waals surface area contributed by atoms with Gasteiger partial charge in [0.25, 0.3) is 0 Å². The van der Waals surface area contributed by atoms with Crippen LogP contribution in [0.3, 0.4) is 0 Å². The molecular formula is C23H26ClFN2. The molecule has 1 aliphatic carbocycles. The van der Waals surface area contributed by atoms with Gasteiger partial charge >= 0.3 is 0 Å². The average molecular weight is 385 g/mol. The largest absolute Gasteiger partial charge is 0.298 e. The molecule has 5 rings (SSSR count). The van der Waals surface area contributed by atoms with Crippen molar-refractivity contribution in [3.05, 3.63) is 70.0 Å². The standard InChI is InChI=1S/C23H26ClFN2/c24-17-6-9-20-21(16-4-7-18(25)8-5-16)14-23(22(20)13-17)27-12-11-26-10-2-1-3-19(26)15-27/h4-9,13,19,21,23H,1-3,10-12,14-15H2/t19?,21-,23+/m0/s1. The van der Waals surface area contributed by atoms with Gasteiger partial charge in [-0.1, -0.05) is 36.2 Å². The van der Waals surface area contributed by atoms with E-state index >= 15 is 0 Å². The van der Waals surface area contributed by atoms with Gasteiger partial charge in [-0.3, -0.25) is 9.80 Å². The van der Waals surface area contributed by atoms with Crippen molar-refractivity contribution in [2.45, 2.75) is 43.7 Å². The molecule has 0 radical (unpaired) electrons. The number of rotatable bonds is 2. The SMILES string of the molecule is Fc1ccc([C@@H]2C[C@@H](N3CCN4CCCCC4C3)c3cc(Cl)ccc32)cc1. The molecule has 3 atom stereocenters. The molecule has 2 aromatic carbocycles. The maximum Gasteiger partial charge on any atom is 0.123 e. The molecule has 2 nitrogen and oxygen atoms in total. The summed E-state index contributed by atoms with van der Waals surface area (Å²) in [4.78, 5) is 5.37. The normalized spacial score (nSPS) is 28.7. The van der Waals surface area contributed by atoms with Gasteiger partial charge in [-0.05, 0) is 66.8 Å². The van der Waals surface area contributed by atoms with Gasteiger partial charge in [0, 0.05) is 42.7 Å². The Morgan fingerprint density at radius 1 is 0.889 bits per heavy atom. The lowest BCUT2D eigenvalue weighted by atomic mass is 9.93. The van der Waals surface area contributed by atoms with E-state index in [-0.39, 0.29) is 5.82 Å². The van der Waals surface area contributed by atoms with E-state index in [0.717, 1.165) is 24.5 Å². The van der Waals surface area contributed by atoms with E-state index in [4.69, 9.17) is 11.6 Å². The summed E-state index contributed by atoms with van der Waals surface area (Å²) in [5, 5.41) is 0.815. The fourth-order valence-electron chi connectivity index (χ4n) is 5.45. The van der Waals surface area contributed by atoms with Crippen molar-refractivity contribution in [1.82, 2.24) is 9.80 Å². The molecule has 2 aliphatic heterocycles. The average Bonchev–Trinajstić information content (AvgIpc) is 3.07. The number of benzene rings is 2. The number of hydrogen-bond acceptors (Lipinski definition) is 2. The molecular weight excluding hydrogens is 359 g/mol. The van der Waals surface area contributed by atoms with Crippen molar-refractivity contribution < 1.29 is 4.39 Å². The van der Waals surface area contributed by atoms with Crippen LogP contribution in [0, 0.1) is 5.82 Å². The fraction of sp³-hybridized carbons (Fsp3) is 0.478. The molecule has 142 valence electrons. The Morgan fingerprint density at radius 3 is 2.56 bits per heavy atom. The molecule has 3 aliphatic rings. The highest BCUT2D eigenvalue weighted by molar-refractivity contribution is 6.30. The van der Waals surface area contributed by atoms with E-state index in [2.05, 4.69) is 21.9 Å². The predicted octanol–water partition coefficient (Wildman–Crippen LogP) is 5.23. The maximum absolute atomic E-state index is 13.4. The minimum atomic E-state index is -0.168. The van der Waals surface area contributed by atoms with Crippen LogP contribution in [0.4, 0.5) is 4.39 Å². The lowest BCUT2D eigenvalue weighted by Gasteiger charge is -2.46. The van der Waals surface area contributed by atoms with Crippen molar-refractivity contribution in [3.63, 3.8) is 0 Å². The molecule has 1 unspecified atom stereocenters. The van der Waals surface area contributed by atoms with E-state index in [1.807, 2.05) is 18.2 Å². The number of piperazine rings is 1. The van der Waals surface area contributed by atoms with Gasteiger partial charge in [0.05, 0.1) is 0 Å².